The van der Waals surface area contributed by atoms with Crippen LogP contribution in [0.4, 0.5) is 0 Å². The van der Waals surface area contributed by atoms with E-state index in [4.69, 9.17) is 0 Å². The first-order chi connectivity index (χ1) is 6.18. The topological polar surface area (TPSA) is 12.0 Å². The van der Waals surface area contributed by atoms with Crippen molar-refractivity contribution in [2.75, 3.05) is 0 Å². The molecule has 0 aromatic rings. The van der Waals surface area contributed by atoms with Crippen molar-refractivity contribution < 1.29 is 0 Å². The predicted octanol–water partition coefficient (Wildman–Crippen LogP) is 2.81. The van der Waals surface area contributed by atoms with Crippen molar-refractivity contribution in [3.05, 3.63) is 0 Å². The lowest BCUT2D eigenvalue weighted by atomic mass is 10.0. The van der Waals surface area contributed by atoms with Crippen LogP contribution in [0.25, 0.3) is 0 Å². The molecule has 0 radical (unpaired) electrons. The van der Waals surface area contributed by atoms with E-state index in [1.165, 1.54) is 25.7 Å². The van der Waals surface area contributed by atoms with Gasteiger partial charge in [-0.1, -0.05) is 13.8 Å². The summed E-state index contributed by atoms with van der Waals surface area (Å²) < 4.78 is 0. The third-order valence-corrected chi connectivity index (χ3v) is 3.72. The minimum absolute atomic E-state index is 0.700. The van der Waals surface area contributed by atoms with Gasteiger partial charge in [0.1, 0.15) is 0 Å². The third kappa shape index (κ3) is 2.46. The molecule has 0 amide bonds. The number of rotatable bonds is 5. The largest absolute Gasteiger partial charge is 0.311 e. The van der Waals surface area contributed by atoms with E-state index < -0.39 is 0 Å². The summed E-state index contributed by atoms with van der Waals surface area (Å²) in [6.07, 6.45) is 5.94. The van der Waals surface area contributed by atoms with E-state index in [0.717, 1.165) is 23.8 Å². The van der Waals surface area contributed by atoms with E-state index in [9.17, 15) is 0 Å². The smallest absolute Gasteiger partial charge is 0.0126 e. The van der Waals surface area contributed by atoms with Gasteiger partial charge in [-0.3, -0.25) is 0 Å². The molecular formula is C12H23N. The van der Waals surface area contributed by atoms with Crippen molar-refractivity contribution in [1.29, 1.82) is 0 Å². The molecule has 0 saturated heterocycles. The zero-order valence-corrected chi connectivity index (χ0v) is 9.22. The van der Waals surface area contributed by atoms with E-state index in [-0.39, 0.29) is 0 Å². The molecule has 2 saturated carbocycles. The summed E-state index contributed by atoms with van der Waals surface area (Å²) in [6.45, 7) is 6.96. The van der Waals surface area contributed by atoms with Crippen molar-refractivity contribution in [3.63, 3.8) is 0 Å². The summed E-state index contributed by atoms with van der Waals surface area (Å²) >= 11 is 0. The average Bonchev–Trinajstić information content (AvgIpc) is 2.90. The van der Waals surface area contributed by atoms with Gasteiger partial charge >= 0.3 is 0 Å². The fourth-order valence-corrected chi connectivity index (χ4v) is 2.06. The molecule has 0 heterocycles. The molecule has 2 aliphatic rings. The van der Waals surface area contributed by atoms with Gasteiger partial charge in [0.2, 0.25) is 0 Å². The highest BCUT2D eigenvalue weighted by Gasteiger charge is 2.41. The number of hydrogen-bond acceptors (Lipinski definition) is 1. The highest BCUT2D eigenvalue weighted by atomic mass is 15.0. The molecule has 0 bridgehead atoms. The van der Waals surface area contributed by atoms with E-state index in [2.05, 4.69) is 26.1 Å². The van der Waals surface area contributed by atoms with Gasteiger partial charge in [-0.2, -0.15) is 0 Å². The zero-order valence-electron chi connectivity index (χ0n) is 9.22. The first kappa shape index (κ1) is 9.51. The van der Waals surface area contributed by atoms with Crippen LogP contribution in [0.2, 0.25) is 0 Å². The summed E-state index contributed by atoms with van der Waals surface area (Å²) in [4.78, 5) is 0. The van der Waals surface area contributed by atoms with Crippen LogP contribution >= 0.6 is 0 Å². The maximum Gasteiger partial charge on any atom is 0.0126 e. The Kier molecular flexibility index (Phi) is 2.64. The average molecular weight is 181 g/mol. The molecule has 0 aliphatic heterocycles. The molecule has 13 heavy (non-hydrogen) atoms. The zero-order chi connectivity index (χ0) is 9.42. The fourth-order valence-electron chi connectivity index (χ4n) is 2.06. The fraction of sp³-hybridized carbons (Fsp3) is 1.00. The van der Waals surface area contributed by atoms with Gasteiger partial charge in [-0.05, 0) is 50.4 Å². The summed E-state index contributed by atoms with van der Waals surface area (Å²) in [5.41, 5.74) is 0. The highest BCUT2D eigenvalue weighted by molar-refractivity contribution is 4.97. The number of hydrogen-bond donors (Lipinski definition) is 1. The molecule has 2 rings (SSSR count). The van der Waals surface area contributed by atoms with Crippen molar-refractivity contribution in [1.82, 2.24) is 5.32 Å². The maximum atomic E-state index is 3.84. The normalized spacial score (nSPS) is 25.6. The Morgan fingerprint density at radius 1 is 0.923 bits per heavy atom. The monoisotopic (exact) mass is 181 g/mol. The van der Waals surface area contributed by atoms with Crippen LogP contribution in [-0.4, -0.2) is 12.1 Å². The molecule has 0 spiro atoms. The lowest BCUT2D eigenvalue weighted by molar-refractivity contribution is 0.325. The van der Waals surface area contributed by atoms with Crippen LogP contribution in [0.15, 0.2) is 0 Å². The Bertz CT molecular complexity index is 156. The van der Waals surface area contributed by atoms with E-state index >= 15 is 0 Å². The van der Waals surface area contributed by atoms with Gasteiger partial charge in [0.25, 0.3) is 0 Å². The molecule has 0 aromatic carbocycles. The van der Waals surface area contributed by atoms with Crippen LogP contribution in [0.5, 0.6) is 0 Å². The van der Waals surface area contributed by atoms with Crippen LogP contribution in [-0.2, 0) is 0 Å². The van der Waals surface area contributed by atoms with Crippen molar-refractivity contribution in [3.8, 4) is 0 Å². The van der Waals surface area contributed by atoms with Crippen molar-refractivity contribution in [2.24, 2.45) is 17.8 Å². The Morgan fingerprint density at radius 2 is 1.38 bits per heavy atom. The Balaban J connectivity index is 1.81. The van der Waals surface area contributed by atoms with Gasteiger partial charge < -0.3 is 5.32 Å². The summed E-state index contributed by atoms with van der Waals surface area (Å²) in [7, 11) is 0. The van der Waals surface area contributed by atoms with Gasteiger partial charge in [0, 0.05) is 12.1 Å². The second-order valence-corrected chi connectivity index (χ2v) is 5.40. The molecule has 2 aliphatic carbocycles. The quantitative estimate of drug-likeness (QED) is 0.687. The minimum Gasteiger partial charge on any atom is -0.311 e. The summed E-state index contributed by atoms with van der Waals surface area (Å²) in [6, 6.07) is 1.57. The Morgan fingerprint density at radius 3 is 1.69 bits per heavy atom. The van der Waals surface area contributed by atoms with Crippen LogP contribution in [0.1, 0.15) is 46.5 Å². The lowest BCUT2D eigenvalue weighted by Gasteiger charge is -2.25. The van der Waals surface area contributed by atoms with Gasteiger partial charge in [0.15, 0.2) is 0 Å². The van der Waals surface area contributed by atoms with Crippen molar-refractivity contribution >= 4 is 0 Å². The molecule has 1 N–H and O–H groups in total. The second kappa shape index (κ2) is 3.61. The summed E-state index contributed by atoms with van der Waals surface area (Å²) in [5.74, 6) is 2.85. The van der Waals surface area contributed by atoms with Gasteiger partial charge in [-0.15, -0.1) is 0 Å². The molecule has 1 atom stereocenters. The second-order valence-electron chi connectivity index (χ2n) is 5.40. The standard InChI is InChI=1S/C12H23N/c1-8(2)9(3)13-12(10-4-5-10)11-6-7-11/h8-13H,4-7H2,1-3H3. The third-order valence-electron chi connectivity index (χ3n) is 3.72. The SMILES string of the molecule is CC(C)C(C)NC(C1CC1)C1CC1. The van der Waals surface area contributed by atoms with Crippen molar-refractivity contribution in [2.45, 2.75) is 58.5 Å². The molecule has 0 aromatic heterocycles. The van der Waals surface area contributed by atoms with Gasteiger partial charge in [0.05, 0.1) is 0 Å². The Hall–Kier alpha value is -0.0400. The predicted molar refractivity (Wildman–Crippen MR) is 56.7 cm³/mol. The Labute approximate surface area is 82.3 Å². The lowest BCUT2D eigenvalue weighted by Crippen LogP contribution is -2.42. The maximum absolute atomic E-state index is 3.84. The van der Waals surface area contributed by atoms with Crippen LogP contribution in [0, 0.1) is 17.8 Å². The molecule has 2 fully saturated rings. The van der Waals surface area contributed by atoms with E-state index in [1.54, 1.807) is 0 Å². The van der Waals surface area contributed by atoms with Crippen LogP contribution < -0.4 is 5.32 Å². The number of nitrogens with one attached hydrogen (secondary N) is 1. The minimum atomic E-state index is 0.700. The molecular weight excluding hydrogens is 158 g/mol. The van der Waals surface area contributed by atoms with Crippen LogP contribution in [0.3, 0.4) is 0 Å². The van der Waals surface area contributed by atoms with E-state index in [0.29, 0.717) is 6.04 Å². The summed E-state index contributed by atoms with van der Waals surface area (Å²) in [5, 5.41) is 3.84. The van der Waals surface area contributed by atoms with Gasteiger partial charge in [-0.25, -0.2) is 0 Å². The first-order valence-electron chi connectivity index (χ1n) is 5.94. The first-order valence-corrected chi connectivity index (χ1v) is 5.94. The molecule has 1 nitrogen and oxygen atoms in total. The highest BCUT2D eigenvalue weighted by Crippen LogP contribution is 2.44. The molecule has 76 valence electrons. The van der Waals surface area contributed by atoms with E-state index in [1.807, 2.05) is 0 Å². The molecule has 1 unspecified atom stereocenters. The molecule has 1 heteroatoms.